The van der Waals surface area contributed by atoms with Gasteiger partial charge in [0.1, 0.15) is 23.1 Å². The van der Waals surface area contributed by atoms with E-state index < -0.39 is 29.1 Å². The predicted molar refractivity (Wildman–Crippen MR) is 106 cm³/mol. The van der Waals surface area contributed by atoms with E-state index in [2.05, 4.69) is 0 Å². The Morgan fingerprint density at radius 2 is 1.70 bits per heavy atom. The van der Waals surface area contributed by atoms with Gasteiger partial charge >= 0.3 is 0 Å². The molecule has 2 aliphatic rings. The van der Waals surface area contributed by atoms with Crippen molar-refractivity contribution in [1.29, 1.82) is 0 Å². The third-order valence-electron chi connectivity index (χ3n) is 4.99. The number of rotatable bonds is 5. The smallest absolute Gasteiger partial charge is 0.282 e. The molecule has 6 nitrogen and oxygen atoms in total. The highest BCUT2D eigenvalue weighted by atomic mass is 19.1. The molecule has 0 radical (unpaired) electrons. The highest BCUT2D eigenvalue weighted by Crippen LogP contribution is 2.36. The Kier molecular flexibility index (Phi) is 5.50. The van der Waals surface area contributed by atoms with Gasteiger partial charge in [-0.3, -0.25) is 9.59 Å². The van der Waals surface area contributed by atoms with E-state index in [0.29, 0.717) is 49.1 Å². The SMILES string of the molecule is CCOc1ccc(C2=C(N3CCOCC3)C(=O)N(c3cc(F)ccc3F)C2=O)cc1. The van der Waals surface area contributed by atoms with Gasteiger partial charge in [0.15, 0.2) is 0 Å². The molecule has 2 heterocycles. The van der Waals surface area contributed by atoms with Crippen LogP contribution in [0.5, 0.6) is 5.75 Å². The maximum Gasteiger partial charge on any atom is 0.282 e. The topological polar surface area (TPSA) is 59.1 Å². The minimum Gasteiger partial charge on any atom is -0.494 e. The molecule has 0 saturated carbocycles. The first kappa shape index (κ1) is 20.0. The number of hydrogen-bond acceptors (Lipinski definition) is 5. The van der Waals surface area contributed by atoms with E-state index in [4.69, 9.17) is 9.47 Å². The second-order valence-electron chi connectivity index (χ2n) is 6.82. The number of carbonyl (C=O) groups excluding carboxylic acids is 2. The largest absolute Gasteiger partial charge is 0.494 e. The number of nitrogens with zero attached hydrogens (tertiary/aromatic N) is 2. The standard InChI is InChI=1S/C22H20F2N2O4/c1-2-30-16-6-3-14(4-7-16)19-20(25-9-11-29-12-10-25)22(28)26(21(19)27)18-13-15(23)5-8-17(18)24/h3-8,13H,2,9-12H2,1H3. The molecule has 0 aliphatic carbocycles. The molecule has 8 heteroatoms. The van der Waals surface area contributed by atoms with E-state index in [0.717, 1.165) is 18.2 Å². The lowest BCUT2D eigenvalue weighted by atomic mass is 10.0. The molecular weight excluding hydrogens is 394 g/mol. The second-order valence-corrected chi connectivity index (χ2v) is 6.82. The van der Waals surface area contributed by atoms with Crippen LogP contribution in [0.15, 0.2) is 48.2 Å². The average molecular weight is 414 g/mol. The molecule has 0 N–H and O–H groups in total. The van der Waals surface area contributed by atoms with Gasteiger partial charge in [0, 0.05) is 19.2 Å². The van der Waals surface area contributed by atoms with Crippen molar-refractivity contribution in [1.82, 2.24) is 4.90 Å². The molecule has 0 bridgehead atoms. The fourth-order valence-electron chi connectivity index (χ4n) is 3.62. The molecule has 2 aromatic carbocycles. The van der Waals surface area contributed by atoms with E-state index in [1.54, 1.807) is 29.2 Å². The molecule has 30 heavy (non-hydrogen) atoms. The van der Waals surface area contributed by atoms with Gasteiger partial charge in [-0.25, -0.2) is 13.7 Å². The lowest BCUT2D eigenvalue weighted by molar-refractivity contribution is -0.121. The molecule has 0 aromatic heterocycles. The van der Waals surface area contributed by atoms with Crippen LogP contribution in [-0.4, -0.2) is 49.6 Å². The normalized spacial score (nSPS) is 17.2. The maximum atomic E-state index is 14.4. The zero-order valence-corrected chi connectivity index (χ0v) is 16.4. The van der Waals surface area contributed by atoms with E-state index in [1.165, 1.54) is 0 Å². The first-order valence-electron chi connectivity index (χ1n) is 9.65. The monoisotopic (exact) mass is 414 g/mol. The van der Waals surface area contributed by atoms with Crippen molar-refractivity contribution >= 4 is 23.1 Å². The number of carbonyl (C=O) groups is 2. The summed E-state index contributed by atoms with van der Waals surface area (Å²) in [6.07, 6.45) is 0. The predicted octanol–water partition coefficient (Wildman–Crippen LogP) is 2.98. The first-order chi connectivity index (χ1) is 14.5. The Balaban J connectivity index is 1.81. The van der Waals surface area contributed by atoms with E-state index >= 15 is 0 Å². The number of ether oxygens (including phenoxy) is 2. The number of morpholine rings is 1. The van der Waals surface area contributed by atoms with Gasteiger partial charge in [-0.15, -0.1) is 0 Å². The van der Waals surface area contributed by atoms with Gasteiger partial charge in [0.25, 0.3) is 11.8 Å². The van der Waals surface area contributed by atoms with E-state index in [1.807, 2.05) is 6.92 Å². The third kappa shape index (κ3) is 3.54. The fraction of sp³-hybridized carbons (Fsp3) is 0.273. The second kappa shape index (κ2) is 8.23. The van der Waals surface area contributed by atoms with Crippen LogP contribution < -0.4 is 9.64 Å². The van der Waals surface area contributed by atoms with Crippen molar-refractivity contribution < 1.29 is 27.8 Å². The van der Waals surface area contributed by atoms with Gasteiger partial charge in [-0.05, 0) is 36.8 Å². The highest BCUT2D eigenvalue weighted by molar-refractivity contribution is 6.45. The lowest BCUT2D eigenvalue weighted by Crippen LogP contribution is -2.40. The van der Waals surface area contributed by atoms with Crippen molar-refractivity contribution in [3.05, 3.63) is 65.4 Å². The van der Waals surface area contributed by atoms with Crippen molar-refractivity contribution in [2.75, 3.05) is 37.8 Å². The summed E-state index contributed by atoms with van der Waals surface area (Å²) in [5.74, 6) is -2.35. The van der Waals surface area contributed by atoms with Crippen LogP contribution in [0.4, 0.5) is 14.5 Å². The number of benzene rings is 2. The summed E-state index contributed by atoms with van der Waals surface area (Å²) < 4.78 is 39.0. The molecule has 0 spiro atoms. The van der Waals surface area contributed by atoms with Crippen LogP contribution in [0.1, 0.15) is 12.5 Å². The zero-order valence-electron chi connectivity index (χ0n) is 16.4. The summed E-state index contributed by atoms with van der Waals surface area (Å²) in [4.78, 5) is 29.1. The third-order valence-corrected chi connectivity index (χ3v) is 4.99. The molecule has 1 fully saturated rings. The summed E-state index contributed by atoms with van der Waals surface area (Å²) in [5, 5.41) is 0. The van der Waals surface area contributed by atoms with Crippen LogP contribution in [0.2, 0.25) is 0 Å². The Labute approximate surface area is 172 Å². The number of imide groups is 1. The molecule has 0 unspecified atom stereocenters. The van der Waals surface area contributed by atoms with Crippen molar-refractivity contribution in [2.24, 2.45) is 0 Å². The molecular formula is C22H20F2N2O4. The van der Waals surface area contributed by atoms with Crippen LogP contribution in [0, 0.1) is 11.6 Å². The van der Waals surface area contributed by atoms with Crippen LogP contribution in [-0.2, 0) is 14.3 Å². The average Bonchev–Trinajstić information content (AvgIpc) is 3.01. The van der Waals surface area contributed by atoms with E-state index in [-0.39, 0.29) is 11.3 Å². The summed E-state index contributed by atoms with van der Waals surface area (Å²) in [6.45, 7) is 3.97. The van der Waals surface area contributed by atoms with Gasteiger partial charge < -0.3 is 14.4 Å². The lowest BCUT2D eigenvalue weighted by Gasteiger charge is -2.29. The Morgan fingerprint density at radius 1 is 1.00 bits per heavy atom. The number of halogens is 2. The fourth-order valence-corrected chi connectivity index (χ4v) is 3.62. The summed E-state index contributed by atoms with van der Waals surface area (Å²) in [5.41, 5.74) is 0.402. The van der Waals surface area contributed by atoms with Gasteiger partial charge in [0.2, 0.25) is 0 Å². The van der Waals surface area contributed by atoms with Crippen molar-refractivity contribution in [2.45, 2.75) is 6.92 Å². The zero-order chi connectivity index (χ0) is 21.3. The first-order valence-corrected chi connectivity index (χ1v) is 9.65. The van der Waals surface area contributed by atoms with Gasteiger partial charge in [-0.2, -0.15) is 0 Å². The number of amides is 2. The Hall–Kier alpha value is -3.26. The number of hydrogen-bond donors (Lipinski definition) is 0. The molecule has 0 atom stereocenters. The molecule has 4 rings (SSSR count). The number of anilines is 1. The molecule has 2 aliphatic heterocycles. The van der Waals surface area contributed by atoms with Gasteiger partial charge in [-0.1, -0.05) is 12.1 Å². The highest BCUT2D eigenvalue weighted by Gasteiger charge is 2.43. The van der Waals surface area contributed by atoms with Gasteiger partial charge in [0.05, 0.1) is 31.1 Å². The van der Waals surface area contributed by atoms with Crippen molar-refractivity contribution in [3.63, 3.8) is 0 Å². The molecule has 2 aromatic rings. The Bertz CT molecular complexity index is 1010. The summed E-state index contributed by atoms with van der Waals surface area (Å²) in [7, 11) is 0. The minimum absolute atomic E-state index is 0.147. The van der Waals surface area contributed by atoms with Crippen LogP contribution >= 0.6 is 0 Å². The molecule has 2 amide bonds. The summed E-state index contributed by atoms with van der Waals surface area (Å²) >= 11 is 0. The quantitative estimate of drug-likeness (QED) is 0.704. The van der Waals surface area contributed by atoms with Crippen LogP contribution in [0.3, 0.4) is 0 Å². The maximum absolute atomic E-state index is 14.4. The molecule has 156 valence electrons. The molecule has 1 saturated heterocycles. The summed E-state index contributed by atoms with van der Waals surface area (Å²) in [6, 6.07) is 9.44. The van der Waals surface area contributed by atoms with E-state index in [9.17, 15) is 18.4 Å². The van der Waals surface area contributed by atoms with Crippen LogP contribution in [0.25, 0.3) is 5.57 Å². The minimum atomic E-state index is -0.854. The van der Waals surface area contributed by atoms with Crippen molar-refractivity contribution in [3.8, 4) is 5.75 Å². The Morgan fingerprint density at radius 3 is 2.37 bits per heavy atom.